The Labute approximate surface area is 274 Å². The number of nitrogens with zero attached hydrogens (tertiary/aromatic N) is 1. The number of rotatable bonds is 12. The first-order chi connectivity index (χ1) is 21.5. The average molecular weight is 636 g/mol. The second-order valence-corrected chi connectivity index (χ2v) is 11.1. The molecule has 2 unspecified atom stereocenters. The van der Waals surface area contributed by atoms with E-state index in [0.29, 0.717) is 19.5 Å². The van der Waals surface area contributed by atoms with Gasteiger partial charge in [0.2, 0.25) is 11.7 Å². The number of carbonyl (C=O) groups is 5. The molecule has 2 rings (SSSR count). The molecule has 1 saturated heterocycles. The van der Waals surface area contributed by atoms with Crippen LogP contribution in [0.3, 0.4) is 0 Å². The zero-order chi connectivity index (χ0) is 35.1. The Kier molecular flexibility index (Phi) is 31.7. The van der Waals surface area contributed by atoms with Gasteiger partial charge in [-0.25, -0.2) is 4.79 Å². The van der Waals surface area contributed by atoms with Gasteiger partial charge < -0.3 is 26.1 Å². The molecule has 10 heteroatoms. The highest BCUT2D eigenvalue weighted by atomic mass is 16.2. The maximum Gasteiger partial charge on any atom is 0.315 e. The fourth-order valence-electron chi connectivity index (χ4n) is 4.47. The fourth-order valence-corrected chi connectivity index (χ4v) is 4.47. The van der Waals surface area contributed by atoms with Crippen LogP contribution in [0.5, 0.6) is 0 Å². The molecule has 0 aromatic heterocycles. The lowest BCUT2D eigenvalue weighted by atomic mass is 9.71. The first-order valence-corrected chi connectivity index (χ1v) is 16.8. The Morgan fingerprint density at radius 2 is 1.62 bits per heavy atom. The van der Waals surface area contributed by atoms with Crippen molar-refractivity contribution in [3.05, 3.63) is 12.7 Å². The first kappa shape index (κ1) is 46.2. The van der Waals surface area contributed by atoms with Crippen LogP contribution in [0.15, 0.2) is 12.7 Å². The van der Waals surface area contributed by atoms with Crippen LogP contribution in [-0.2, 0) is 19.2 Å². The summed E-state index contributed by atoms with van der Waals surface area (Å²) in [5.74, 6) is 1.62. The van der Waals surface area contributed by atoms with E-state index in [2.05, 4.69) is 59.4 Å². The smallest absolute Gasteiger partial charge is 0.315 e. The van der Waals surface area contributed by atoms with E-state index >= 15 is 0 Å². The monoisotopic (exact) mass is 635 g/mol. The summed E-state index contributed by atoms with van der Waals surface area (Å²) in [6, 6.07) is -0.602. The van der Waals surface area contributed by atoms with Gasteiger partial charge in [-0.15, -0.1) is 13.0 Å². The summed E-state index contributed by atoms with van der Waals surface area (Å²) in [7, 11) is 3.52. The normalized spacial score (nSPS) is 16.6. The predicted octanol–water partition coefficient (Wildman–Crippen LogP) is 5.16. The number of unbranched alkanes of at least 4 members (excludes halogenated alkanes) is 2. The molecule has 0 bridgehead atoms. The van der Waals surface area contributed by atoms with Crippen LogP contribution in [0.2, 0.25) is 0 Å². The average Bonchev–Trinajstić information content (AvgIpc) is 3.51. The molecule has 2 aliphatic rings. The fraction of sp³-hybridized carbons (Fsp3) is 0.743. The van der Waals surface area contributed by atoms with E-state index in [0.717, 1.165) is 64.2 Å². The zero-order valence-corrected chi connectivity index (χ0v) is 29.7. The molecule has 1 aliphatic carbocycles. The SMILES string of the molecule is C#CCNC(=O)C1CCCN1C.C=CCNC(=O)C(=O)CCCC.CC.CCCC.CNC(=O)NC(C=O)C1(C)CCCCC1. The standard InChI is InChI=1S/C11H20N2O2.C9H14N2O.C9H15NO2.C4H10.C2H6/c1-11(6-4-3-5-7-11)9(8-14)13-10(15)12-2;1-3-6-10-9(12)8-5-4-7-11(8)2;1-3-5-6-8(11)9(12)10-7-4-2;1-3-4-2;1-2/h8-9H,3-7H2,1-2H3,(H2,12,13,15);1,8H,4-7H2,2H3,(H,10,12);4H,2-3,5-7H2,1H3,(H,10,12);3-4H2,1-2H3;1-2H3. The number of carbonyl (C=O) groups excluding carboxylic acids is 5. The summed E-state index contributed by atoms with van der Waals surface area (Å²) >= 11 is 0. The second-order valence-electron chi connectivity index (χ2n) is 11.1. The lowest BCUT2D eigenvalue weighted by molar-refractivity contribution is -0.137. The number of hydrogen-bond donors (Lipinski definition) is 4. The van der Waals surface area contributed by atoms with Crippen molar-refractivity contribution in [1.29, 1.82) is 0 Å². The summed E-state index contributed by atoms with van der Waals surface area (Å²) in [5, 5.41) is 10.3. The van der Waals surface area contributed by atoms with Crippen molar-refractivity contribution in [2.45, 2.75) is 131 Å². The minimum atomic E-state index is -0.497. The van der Waals surface area contributed by atoms with Crippen LogP contribution in [0.4, 0.5) is 4.79 Å². The largest absolute Gasteiger partial charge is 0.346 e. The molecular formula is C35H65N5O5. The molecule has 1 heterocycles. The number of Topliss-reactive ketones (excluding diaryl/α,β-unsaturated/α-hetero) is 1. The van der Waals surface area contributed by atoms with Crippen molar-refractivity contribution in [2.24, 2.45) is 5.41 Å². The van der Waals surface area contributed by atoms with Crippen molar-refractivity contribution < 1.29 is 24.0 Å². The van der Waals surface area contributed by atoms with Crippen molar-refractivity contribution >= 4 is 29.9 Å². The molecule has 4 N–H and O–H groups in total. The van der Waals surface area contributed by atoms with Gasteiger partial charge in [-0.3, -0.25) is 19.3 Å². The lowest BCUT2D eigenvalue weighted by Crippen LogP contribution is -2.50. The summed E-state index contributed by atoms with van der Waals surface area (Å²) in [6.45, 7) is 17.6. The van der Waals surface area contributed by atoms with E-state index in [1.54, 1.807) is 13.1 Å². The van der Waals surface area contributed by atoms with Crippen molar-refractivity contribution in [2.75, 3.05) is 33.7 Å². The number of likely N-dealkylation sites (tertiary alicyclic amines) is 1. The molecule has 10 nitrogen and oxygen atoms in total. The highest BCUT2D eigenvalue weighted by molar-refractivity contribution is 6.36. The number of hydrogen-bond acceptors (Lipinski definition) is 6. The van der Waals surface area contributed by atoms with Gasteiger partial charge >= 0.3 is 6.03 Å². The second kappa shape index (κ2) is 30.8. The van der Waals surface area contributed by atoms with Crippen LogP contribution in [0.25, 0.3) is 0 Å². The van der Waals surface area contributed by atoms with E-state index in [9.17, 15) is 24.0 Å². The molecule has 0 aromatic rings. The minimum Gasteiger partial charge on any atom is -0.346 e. The van der Waals surface area contributed by atoms with Gasteiger partial charge in [-0.1, -0.05) is 92.1 Å². The molecule has 0 radical (unpaired) electrons. The lowest BCUT2D eigenvalue weighted by Gasteiger charge is -2.38. The van der Waals surface area contributed by atoms with Crippen molar-refractivity contribution in [1.82, 2.24) is 26.2 Å². The number of amides is 4. The van der Waals surface area contributed by atoms with Gasteiger partial charge in [0.15, 0.2) is 0 Å². The number of terminal acetylenes is 1. The Balaban J connectivity index is -0.000000543. The first-order valence-electron chi connectivity index (χ1n) is 16.8. The summed E-state index contributed by atoms with van der Waals surface area (Å²) in [4.78, 5) is 57.5. The summed E-state index contributed by atoms with van der Waals surface area (Å²) in [5.41, 5.74) is -0.0630. The molecule has 0 aromatic carbocycles. The summed E-state index contributed by atoms with van der Waals surface area (Å²) in [6.07, 6.45) is 19.8. The Hall–Kier alpha value is -3.19. The van der Waals surface area contributed by atoms with Gasteiger partial charge in [0.25, 0.3) is 5.91 Å². The molecule has 45 heavy (non-hydrogen) atoms. The quantitative estimate of drug-likeness (QED) is 0.101. The molecule has 2 atom stereocenters. The molecular weight excluding hydrogens is 570 g/mol. The van der Waals surface area contributed by atoms with E-state index < -0.39 is 5.91 Å². The molecule has 1 aliphatic heterocycles. The number of nitrogens with one attached hydrogen (secondary N) is 4. The van der Waals surface area contributed by atoms with Crippen LogP contribution in [0, 0.1) is 17.8 Å². The molecule has 260 valence electrons. The topological polar surface area (TPSA) is 137 Å². The van der Waals surface area contributed by atoms with Gasteiger partial charge in [0.1, 0.15) is 6.29 Å². The van der Waals surface area contributed by atoms with E-state index in [1.165, 1.54) is 19.3 Å². The predicted molar refractivity (Wildman–Crippen MR) is 186 cm³/mol. The Morgan fingerprint density at radius 3 is 2.04 bits per heavy atom. The van der Waals surface area contributed by atoms with Crippen LogP contribution < -0.4 is 21.3 Å². The van der Waals surface area contributed by atoms with E-state index in [1.807, 2.05) is 27.8 Å². The number of aldehydes is 1. The number of urea groups is 1. The van der Waals surface area contributed by atoms with Gasteiger partial charge in [0, 0.05) is 20.0 Å². The van der Waals surface area contributed by atoms with E-state index in [4.69, 9.17) is 6.42 Å². The third kappa shape index (κ3) is 22.9. The van der Waals surface area contributed by atoms with Crippen molar-refractivity contribution in [3.8, 4) is 12.3 Å². The third-order valence-electron chi connectivity index (χ3n) is 7.50. The van der Waals surface area contributed by atoms with E-state index in [-0.39, 0.29) is 35.2 Å². The number of likely N-dealkylation sites (N-methyl/N-ethyl adjacent to an activating group) is 1. The molecule has 4 amide bonds. The minimum absolute atomic E-state index is 0.0401. The molecule has 2 fully saturated rings. The van der Waals surface area contributed by atoms with Crippen LogP contribution >= 0.6 is 0 Å². The molecule has 0 spiro atoms. The number of ketones is 1. The highest BCUT2D eigenvalue weighted by Crippen LogP contribution is 2.38. The maximum absolute atomic E-state index is 11.4. The zero-order valence-electron chi connectivity index (χ0n) is 29.7. The van der Waals surface area contributed by atoms with Crippen LogP contribution in [0.1, 0.15) is 119 Å². The van der Waals surface area contributed by atoms with Crippen molar-refractivity contribution in [3.63, 3.8) is 0 Å². The third-order valence-corrected chi connectivity index (χ3v) is 7.50. The van der Waals surface area contributed by atoms with Gasteiger partial charge in [-0.2, -0.15) is 0 Å². The maximum atomic E-state index is 11.4. The highest BCUT2D eigenvalue weighted by Gasteiger charge is 2.36. The Morgan fingerprint density at radius 1 is 1.02 bits per heavy atom. The van der Waals surface area contributed by atoms with Gasteiger partial charge in [0.05, 0.1) is 18.6 Å². The molecule has 1 saturated carbocycles. The van der Waals surface area contributed by atoms with Gasteiger partial charge in [-0.05, 0) is 51.1 Å². The van der Waals surface area contributed by atoms with Crippen LogP contribution in [-0.4, -0.2) is 80.6 Å². The summed E-state index contributed by atoms with van der Waals surface area (Å²) < 4.78 is 0. The Bertz CT molecular complexity index is 863.